The van der Waals surface area contributed by atoms with Crippen LogP contribution in [0, 0.1) is 0 Å². The van der Waals surface area contributed by atoms with Crippen LogP contribution in [0.1, 0.15) is 32.3 Å². The molecule has 4 aromatic rings. The molecule has 0 spiro atoms. The number of benzene rings is 2. The summed E-state index contributed by atoms with van der Waals surface area (Å²) in [6.45, 7) is 9.34. The molecule has 0 aliphatic carbocycles. The smallest absolute Gasteiger partial charge is 0.232 e. The van der Waals surface area contributed by atoms with Gasteiger partial charge in [0, 0.05) is 68.8 Å². The van der Waals surface area contributed by atoms with Crippen LogP contribution in [0.4, 0.5) is 34.5 Å². The van der Waals surface area contributed by atoms with E-state index in [4.69, 9.17) is 14.7 Å². The van der Waals surface area contributed by atoms with Gasteiger partial charge in [0.25, 0.3) is 0 Å². The predicted octanol–water partition coefficient (Wildman–Crippen LogP) is 4.77. The molecule has 2 saturated heterocycles. The molecule has 0 saturated carbocycles. The normalized spacial score (nSPS) is 21.3. The first kappa shape index (κ1) is 31.5. The van der Waals surface area contributed by atoms with E-state index in [0.29, 0.717) is 59.9 Å². The second kappa shape index (κ2) is 12.5. The third-order valence-electron chi connectivity index (χ3n) is 10.2. The van der Waals surface area contributed by atoms with E-state index in [1.165, 1.54) is 10.6 Å². The first-order valence-corrected chi connectivity index (χ1v) is 18.3. The molecular weight excluding hydrogens is 615 g/mol. The topological polar surface area (TPSA) is 122 Å². The summed E-state index contributed by atoms with van der Waals surface area (Å²) in [6.07, 6.45) is 6.00. The van der Waals surface area contributed by atoms with E-state index in [-0.39, 0.29) is 0 Å². The van der Waals surface area contributed by atoms with E-state index >= 15 is 0 Å². The average Bonchev–Trinajstić information content (AvgIpc) is 3.72. The summed E-state index contributed by atoms with van der Waals surface area (Å²) in [6, 6.07) is 15.6. The Morgan fingerprint density at radius 3 is 2.47 bits per heavy atom. The van der Waals surface area contributed by atoms with Gasteiger partial charge in [0.1, 0.15) is 17.2 Å². The average molecular weight is 660 g/mol. The summed E-state index contributed by atoms with van der Waals surface area (Å²) in [5, 5.41) is 7.58. The van der Waals surface area contributed by atoms with Crippen molar-refractivity contribution in [2.24, 2.45) is 0 Å². The summed E-state index contributed by atoms with van der Waals surface area (Å²) in [5.41, 5.74) is 4.90. The Morgan fingerprint density at radius 2 is 1.74 bits per heavy atom. The standard InChI is InChI=1S/C34H45N9O3S/c1-22-20-42(21-23(2)40(22)3)26-13-16-41(17-14-26)29-10-9-25(19-30(29)46-4)36-34-38-32-27(11-15-35-32)33(39-34)37-28-8-6-7-24-12-18-43(31(24)28)47(5,44)45/h6-11,15,19,22-23,26H,12-14,16-18,20-21H2,1-5H3,(H3,35,36,37,38,39)/t22-,23+. The minimum atomic E-state index is -3.42. The largest absolute Gasteiger partial charge is 0.495 e. The third-order valence-corrected chi connectivity index (χ3v) is 11.3. The number of nitrogens with zero attached hydrogens (tertiary/aromatic N) is 6. The molecule has 7 rings (SSSR count). The summed E-state index contributed by atoms with van der Waals surface area (Å²) in [5.74, 6) is 1.78. The van der Waals surface area contributed by atoms with E-state index in [1.807, 2.05) is 42.6 Å². The number of para-hydroxylation sites is 1. The second-order valence-corrected chi connectivity index (χ2v) is 15.1. The maximum atomic E-state index is 12.6. The lowest BCUT2D eigenvalue weighted by molar-refractivity contribution is 0.0269. The lowest BCUT2D eigenvalue weighted by Crippen LogP contribution is -2.59. The number of aromatic amines is 1. The van der Waals surface area contributed by atoms with Gasteiger partial charge in [0.15, 0.2) is 0 Å². The molecule has 0 bridgehead atoms. The number of sulfonamides is 1. The Hall–Kier alpha value is -4.07. The molecule has 250 valence electrons. The molecule has 2 fully saturated rings. The van der Waals surface area contributed by atoms with Crippen molar-refractivity contribution in [1.82, 2.24) is 24.8 Å². The zero-order valence-electron chi connectivity index (χ0n) is 27.8. The molecule has 0 unspecified atom stereocenters. The Labute approximate surface area is 277 Å². The van der Waals surface area contributed by atoms with Crippen molar-refractivity contribution in [1.29, 1.82) is 0 Å². The van der Waals surface area contributed by atoms with Crippen LogP contribution in [0.5, 0.6) is 5.75 Å². The van der Waals surface area contributed by atoms with Gasteiger partial charge >= 0.3 is 0 Å². The van der Waals surface area contributed by atoms with Gasteiger partial charge in [-0.05, 0) is 70.0 Å². The predicted molar refractivity (Wildman–Crippen MR) is 189 cm³/mol. The fourth-order valence-electron chi connectivity index (χ4n) is 7.43. The van der Waals surface area contributed by atoms with Crippen LogP contribution < -0.4 is 24.6 Å². The van der Waals surface area contributed by atoms with Crippen molar-refractivity contribution in [3.05, 3.63) is 54.2 Å². The van der Waals surface area contributed by atoms with Gasteiger partial charge < -0.3 is 25.3 Å². The lowest BCUT2D eigenvalue weighted by Gasteiger charge is -2.47. The number of aromatic nitrogens is 3. The van der Waals surface area contributed by atoms with E-state index in [1.54, 1.807) is 7.11 Å². The number of methoxy groups -OCH3 is 1. The quantitative estimate of drug-likeness (QED) is 0.244. The monoisotopic (exact) mass is 659 g/mol. The van der Waals surface area contributed by atoms with Gasteiger partial charge in [-0.25, -0.2) is 8.42 Å². The van der Waals surface area contributed by atoms with Gasteiger partial charge in [0.2, 0.25) is 16.0 Å². The van der Waals surface area contributed by atoms with E-state index in [2.05, 4.69) is 57.3 Å². The first-order chi connectivity index (χ1) is 22.6. The van der Waals surface area contributed by atoms with Gasteiger partial charge in [-0.15, -0.1) is 0 Å². The number of hydrogen-bond acceptors (Lipinski definition) is 10. The van der Waals surface area contributed by atoms with Crippen LogP contribution >= 0.6 is 0 Å². The summed E-state index contributed by atoms with van der Waals surface area (Å²) < 4.78 is 32.5. The molecule has 0 amide bonds. The maximum Gasteiger partial charge on any atom is 0.232 e. The number of rotatable bonds is 8. The van der Waals surface area contributed by atoms with Gasteiger partial charge in [-0.2, -0.15) is 9.97 Å². The number of anilines is 6. The van der Waals surface area contributed by atoms with Crippen LogP contribution in [0.2, 0.25) is 0 Å². The molecule has 3 N–H and O–H groups in total. The zero-order chi connectivity index (χ0) is 32.9. The van der Waals surface area contributed by atoms with Crippen molar-refractivity contribution in [2.75, 3.05) is 73.0 Å². The molecule has 0 radical (unpaired) electrons. The highest BCUT2D eigenvalue weighted by atomic mass is 32.2. The molecule has 2 aromatic heterocycles. The van der Waals surface area contributed by atoms with Gasteiger partial charge in [0.05, 0.1) is 35.8 Å². The number of hydrogen-bond donors (Lipinski definition) is 3. The van der Waals surface area contributed by atoms with Crippen molar-refractivity contribution in [3.63, 3.8) is 0 Å². The van der Waals surface area contributed by atoms with Crippen LogP contribution in [0.3, 0.4) is 0 Å². The molecule has 3 aliphatic heterocycles. The number of H-pyrrole nitrogens is 1. The van der Waals surface area contributed by atoms with Crippen molar-refractivity contribution in [3.8, 4) is 5.75 Å². The second-order valence-electron chi connectivity index (χ2n) is 13.2. The van der Waals surface area contributed by atoms with E-state index in [0.717, 1.165) is 67.1 Å². The minimum absolute atomic E-state index is 0.404. The number of ether oxygens (including phenoxy) is 1. The van der Waals surface area contributed by atoms with Crippen molar-refractivity contribution < 1.29 is 13.2 Å². The van der Waals surface area contributed by atoms with Crippen molar-refractivity contribution in [2.45, 2.75) is 51.2 Å². The van der Waals surface area contributed by atoms with Crippen LogP contribution in [0.15, 0.2) is 48.7 Å². The Morgan fingerprint density at radius 1 is 0.979 bits per heavy atom. The summed E-state index contributed by atoms with van der Waals surface area (Å²) in [4.78, 5) is 20.4. The maximum absolute atomic E-state index is 12.6. The Kier molecular flexibility index (Phi) is 8.39. The minimum Gasteiger partial charge on any atom is -0.495 e. The SMILES string of the molecule is COc1cc(Nc2nc(Nc3cccc4c3N(S(C)(=O)=O)CC4)c3cc[nH]c3n2)ccc1N1CCC(N2C[C@@H](C)N(C)[C@@H](C)C2)CC1. The van der Waals surface area contributed by atoms with Crippen molar-refractivity contribution >= 4 is 55.6 Å². The first-order valence-electron chi connectivity index (χ1n) is 16.5. The van der Waals surface area contributed by atoms with E-state index < -0.39 is 10.0 Å². The molecule has 12 nitrogen and oxygen atoms in total. The zero-order valence-corrected chi connectivity index (χ0v) is 28.6. The summed E-state index contributed by atoms with van der Waals surface area (Å²) in [7, 11) is 0.534. The molecule has 5 heterocycles. The molecule has 2 aromatic carbocycles. The number of fused-ring (bicyclic) bond motifs is 2. The van der Waals surface area contributed by atoms with Crippen LogP contribution in [0.25, 0.3) is 11.0 Å². The fourth-order valence-corrected chi connectivity index (χ4v) is 8.41. The van der Waals surface area contributed by atoms with Gasteiger partial charge in [-0.3, -0.25) is 14.1 Å². The van der Waals surface area contributed by atoms with Crippen LogP contribution in [-0.4, -0.2) is 104 Å². The van der Waals surface area contributed by atoms with Gasteiger partial charge in [-0.1, -0.05) is 12.1 Å². The number of likely N-dealkylation sites (N-methyl/N-ethyl adjacent to an activating group) is 1. The van der Waals surface area contributed by atoms with E-state index in [9.17, 15) is 8.42 Å². The highest BCUT2D eigenvalue weighted by Crippen LogP contribution is 2.40. The number of piperidine rings is 1. The lowest BCUT2D eigenvalue weighted by atomic mass is 9.98. The summed E-state index contributed by atoms with van der Waals surface area (Å²) >= 11 is 0. The number of piperazine rings is 1. The Balaban J connectivity index is 1.08. The molecule has 47 heavy (non-hydrogen) atoms. The Bertz CT molecular complexity index is 1860. The molecule has 3 aliphatic rings. The van der Waals surface area contributed by atoms with Crippen LogP contribution in [-0.2, 0) is 16.4 Å². The molecular formula is C34H45N9O3S. The highest BCUT2D eigenvalue weighted by molar-refractivity contribution is 7.92. The molecule has 2 atom stereocenters. The number of nitrogens with one attached hydrogen (secondary N) is 3. The molecule has 13 heteroatoms. The third kappa shape index (κ3) is 6.19. The fraction of sp³-hybridized carbons (Fsp3) is 0.471. The highest BCUT2D eigenvalue weighted by Gasteiger charge is 2.33.